The zero-order chi connectivity index (χ0) is 23.9. The fourth-order valence-corrected chi connectivity index (χ4v) is 6.42. The lowest BCUT2D eigenvalue weighted by molar-refractivity contribution is -0.199. The number of carbonyl (C=O) groups is 1. The monoisotopic (exact) mass is 463 g/mol. The quantitative estimate of drug-likeness (QED) is 0.503. The first-order valence-corrected chi connectivity index (χ1v) is 12.0. The van der Waals surface area contributed by atoms with E-state index >= 15 is 0 Å². The topological polar surface area (TPSA) is 84.7 Å². The molecule has 2 aromatic rings. The number of fused-ring (bicyclic) bond motifs is 1. The van der Waals surface area contributed by atoms with Gasteiger partial charge >= 0.3 is 13.1 Å². The molecule has 4 atom stereocenters. The number of ether oxygens (including phenoxy) is 2. The summed E-state index contributed by atoms with van der Waals surface area (Å²) < 4.78 is 24.5. The highest BCUT2D eigenvalue weighted by molar-refractivity contribution is 6.52. The fourth-order valence-electron chi connectivity index (χ4n) is 6.42. The van der Waals surface area contributed by atoms with Crippen LogP contribution >= 0.6 is 0 Å². The third-order valence-corrected chi connectivity index (χ3v) is 8.34. The Morgan fingerprint density at radius 3 is 2.62 bits per heavy atom. The Morgan fingerprint density at radius 1 is 1.12 bits per heavy atom. The molecule has 5 aliphatic rings. The number of hydrogen-bond donors (Lipinski definition) is 0. The molecule has 34 heavy (non-hydrogen) atoms. The van der Waals surface area contributed by atoms with Crippen molar-refractivity contribution in [3.05, 3.63) is 47.2 Å². The van der Waals surface area contributed by atoms with E-state index in [1.165, 1.54) is 11.2 Å². The van der Waals surface area contributed by atoms with Crippen LogP contribution in [0.15, 0.2) is 30.5 Å². The lowest BCUT2D eigenvalue weighted by Gasteiger charge is -2.64. The van der Waals surface area contributed by atoms with E-state index in [1.54, 1.807) is 26.2 Å². The lowest BCUT2D eigenvalue weighted by atomic mass is 9.43. The van der Waals surface area contributed by atoms with Crippen LogP contribution in [0.2, 0.25) is 0 Å². The Hall–Kier alpha value is -2.65. The van der Waals surface area contributed by atoms with Gasteiger partial charge in [0.2, 0.25) is 5.79 Å². The van der Waals surface area contributed by atoms with Gasteiger partial charge in [0.25, 0.3) is 0 Å². The second kappa shape index (κ2) is 7.18. The van der Waals surface area contributed by atoms with E-state index in [-0.39, 0.29) is 11.7 Å². The number of cyclic esters (lactones) is 1. The molecule has 2 aliphatic heterocycles. The first-order valence-electron chi connectivity index (χ1n) is 12.0. The average molecular weight is 463 g/mol. The van der Waals surface area contributed by atoms with Crippen molar-refractivity contribution in [2.24, 2.45) is 17.3 Å². The highest BCUT2D eigenvalue weighted by Gasteiger charge is 2.67. The van der Waals surface area contributed by atoms with Crippen LogP contribution in [-0.2, 0) is 20.6 Å². The number of aromatic nitrogens is 3. The fraction of sp³-hybridized carbons (Fsp3) is 0.560. The van der Waals surface area contributed by atoms with Crippen molar-refractivity contribution in [2.45, 2.75) is 71.5 Å². The molecule has 4 fully saturated rings. The van der Waals surface area contributed by atoms with Crippen molar-refractivity contribution in [2.75, 3.05) is 0 Å². The number of nitrogens with zero attached hydrogens (tertiary/aromatic N) is 3. The Morgan fingerprint density at radius 2 is 1.88 bits per heavy atom. The molecule has 3 saturated carbocycles. The van der Waals surface area contributed by atoms with Gasteiger partial charge in [-0.05, 0) is 42.6 Å². The van der Waals surface area contributed by atoms with Gasteiger partial charge in [-0.15, -0.1) is 0 Å². The minimum Gasteiger partial charge on any atom is -0.451 e. The maximum absolute atomic E-state index is 13.0. The van der Waals surface area contributed by atoms with Gasteiger partial charge in [-0.2, -0.15) is 15.0 Å². The largest absolute Gasteiger partial charge is 0.486 e. The van der Waals surface area contributed by atoms with E-state index in [0.717, 1.165) is 17.5 Å². The van der Waals surface area contributed by atoms with Gasteiger partial charge in [0.1, 0.15) is 11.3 Å². The molecule has 0 radical (unpaired) electrons. The molecule has 0 amide bonds. The van der Waals surface area contributed by atoms with Crippen LogP contribution in [0.3, 0.4) is 0 Å². The molecular weight excluding hydrogens is 433 g/mol. The molecule has 7 rings (SSSR count). The van der Waals surface area contributed by atoms with Gasteiger partial charge in [0, 0.05) is 19.4 Å². The molecule has 8 nitrogen and oxygen atoms in total. The second-order valence-electron chi connectivity index (χ2n) is 11.2. The molecule has 2 bridgehead atoms. The summed E-state index contributed by atoms with van der Waals surface area (Å²) in [6.45, 7) is 10.7. The zero-order valence-corrected chi connectivity index (χ0v) is 20.3. The molecule has 1 aromatic heterocycles. The minimum atomic E-state index is -1.06. The van der Waals surface area contributed by atoms with Crippen molar-refractivity contribution in [1.82, 2.24) is 15.0 Å². The predicted octanol–water partition coefficient (Wildman–Crippen LogP) is 3.89. The van der Waals surface area contributed by atoms with E-state index < -0.39 is 18.9 Å². The van der Waals surface area contributed by atoms with Crippen LogP contribution in [0.25, 0.3) is 6.08 Å². The first kappa shape index (κ1) is 21.9. The van der Waals surface area contributed by atoms with Gasteiger partial charge in [-0.1, -0.05) is 38.0 Å². The smallest absolute Gasteiger partial charge is 0.451 e. The maximum Gasteiger partial charge on any atom is 0.486 e. The molecule has 0 spiro atoms. The van der Waals surface area contributed by atoms with E-state index in [1.807, 2.05) is 24.2 Å². The predicted molar refractivity (Wildman–Crippen MR) is 125 cm³/mol. The normalized spacial score (nSPS) is 32.6. The van der Waals surface area contributed by atoms with Crippen LogP contribution in [0.4, 0.5) is 0 Å². The molecule has 9 heteroatoms. The molecular formula is C25H30BN3O5. The second-order valence-corrected chi connectivity index (χ2v) is 11.2. The molecule has 3 unspecified atom stereocenters. The lowest BCUT2D eigenvalue weighted by Crippen LogP contribution is -2.65. The summed E-state index contributed by atoms with van der Waals surface area (Å²) in [5.41, 5.74) is 1.93. The third kappa shape index (κ3) is 3.24. The number of rotatable bonds is 4. The summed E-state index contributed by atoms with van der Waals surface area (Å²) in [5, 5.41) is 8.30. The van der Waals surface area contributed by atoms with E-state index in [0.29, 0.717) is 35.1 Å². The zero-order valence-electron chi connectivity index (χ0n) is 20.3. The van der Waals surface area contributed by atoms with Crippen molar-refractivity contribution < 1.29 is 23.6 Å². The summed E-state index contributed by atoms with van der Waals surface area (Å²) in [4.78, 5) is 14.5. The first-order chi connectivity index (χ1) is 16.1. The average Bonchev–Trinajstić information content (AvgIpc) is 3.38. The van der Waals surface area contributed by atoms with Crippen molar-refractivity contribution in [3.8, 4) is 5.75 Å². The number of hydrogen-bond acceptors (Lipinski definition) is 7. The van der Waals surface area contributed by atoms with Crippen LogP contribution < -0.4 is 4.74 Å². The number of benzene rings is 1. The molecule has 178 valence electrons. The van der Waals surface area contributed by atoms with Crippen LogP contribution in [0.1, 0.15) is 68.9 Å². The van der Waals surface area contributed by atoms with Gasteiger partial charge in [-0.25, -0.2) is 4.79 Å². The molecule has 1 aromatic carbocycles. The Balaban J connectivity index is 1.30. The highest BCUT2D eigenvalue weighted by Crippen LogP contribution is 2.65. The summed E-state index contributed by atoms with van der Waals surface area (Å²) >= 11 is 0. The Labute approximate surface area is 199 Å². The van der Waals surface area contributed by atoms with Crippen LogP contribution in [0.5, 0.6) is 5.75 Å². The third-order valence-electron chi connectivity index (χ3n) is 8.34. The van der Waals surface area contributed by atoms with Gasteiger partial charge < -0.3 is 18.8 Å². The highest BCUT2D eigenvalue weighted by atomic mass is 16.7. The Bertz CT molecular complexity index is 1180. The standard InChI is InChI=1S/C25H30BN3O5/c1-23(2)17-12-18(23)25(5)19(13-17)33-26(34-25)9-8-15-6-7-16(14-29-27-10-11-28-29)20-21(15)31-24(3,4)32-22(20)30/h6-11,17-19H,12-14H2,1-5H3/b9-8-/t17?,18?,19?,25-/m0/s1. The van der Waals surface area contributed by atoms with Gasteiger partial charge in [-0.3, -0.25) is 0 Å². The molecule has 3 heterocycles. The summed E-state index contributed by atoms with van der Waals surface area (Å²) in [5.74, 6) is 2.14. The van der Waals surface area contributed by atoms with Gasteiger partial charge in [0.05, 0.1) is 30.6 Å². The Kier molecular flexibility index (Phi) is 4.62. The summed E-state index contributed by atoms with van der Waals surface area (Å²) in [7, 11) is -0.433. The minimum absolute atomic E-state index is 0.113. The SMILES string of the molecule is CC1(C)OC(=O)c2c(Cn3nccn3)ccc(/C=C\B3OC4CC5CC(C5(C)C)[C@]4(C)O3)c2O1. The number of esters is 1. The summed E-state index contributed by atoms with van der Waals surface area (Å²) in [6, 6.07) is 3.83. The van der Waals surface area contributed by atoms with Crippen molar-refractivity contribution in [3.63, 3.8) is 0 Å². The van der Waals surface area contributed by atoms with Crippen LogP contribution in [-0.4, -0.2) is 45.6 Å². The molecule has 3 aliphatic carbocycles. The number of carbonyl (C=O) groups excluding carboxylic acids is 1. The summed E-state index contributed by atoms with van der Waals surface area (Å²) in [6.07, 6.45) is 7.49. The van der Waals surface area contributed by atoms with E-state index in [2.05, 4.69) is 31.0 Å². The maximum atomic E-state index is 13.0. The van der Waals surface area contributed by atoms with Crippen LogP contribution in [0, 0.1) is 17.3 Å². The molecule has 0 N–H and O–H groups in total. The van der Waals surface area contributed by atoms with E-state index in [4.69, 9.17) is 18.8 Å². The van der Waals surface area contributed by atoms with Crippen molar-refractivity contribution >= 4 is 19.2 Å². The van der Waals surface area contributed by atoms with Crippen molar-refractivity contribution in [1.29, 1.82) is 0 Å². The molecule has 1 saturated heterocycles. The van der Waals surface area contributed by atoms with Gasteiger partial charge in [0.15, 0.2) is 0 Å². The van der Waals surface area contributed by atoms with E-state index in [9.17, 15) is 4.79 Å².